The van der Waals surface area contributed by atoms with Crippen molar-refractivity contribution in [1.82, 2.24) is 9.38 Å². The van der Waals surface area contributed by atoms with Gasteiger partial charge in [-0.3, -0.25) is 0 Å². The fourth-order valence-corrected chi connectivity index (χ4v) is 1.56. The van der Waals surface area contributed by atoms with E-state index in [1.807, 2.05) is 0 Å². The number of aromatic nitrogens is 2. The van der Waals surface area contributed by atoms with Gasteiger partial charge in [-0.2, -0.15) is 0 Å². The van der Waals surface area contributed by atoms with Crippen LogP contribution >= 0.6 is 11.6 Å². The molecule has 0 aliphatic rings. The summed E-state index contributed by atoms with van der Waals surface area (Å²) in [5, 5.41) is 0.506. The number of nitrogens with zero attached hydrogens (tertiary/aromatic N) is 2. The van der Waals surface area contributed by atoms with Crippen molar-refractivity contribution in [2.75, 3.05) is 0 Å². The normalized spacial score (nSPS) is 11.0. The molecule has 2 aromatic heterocycles. The molecule has 0 spiro atoms. The van der Waals surface area contributed by atoms with Gasteiger partial charge in [-0.15, -0.1) is 0 Å². The molecular weight excluding hydrogens is 228 g/mol. The molecule has 0 unspecified atom stereocenters. The van der Waals surface area contributed by atoms with E-state index in [0.29, 0.717) is 10.7 Å². The number of carbonyl (C=O) groups is 1. The molecule has 0 amide bonds. The van der Waals surface area contributed by atoms with E-state index in [9.17, 15) is 4.79 Å². The summed E-state index contributed by atoms with van der Waals surface area (Å²) in [5.74, 6) is -0.435. The van der Waals surface area contributed by atoms with Crippen LogP contribution in [0.4, 0.5) is 0 Å². The number of ether oxygens (including phenoxy) is 1. The van der Waals surface area contributed by atoms with Gasteiger partial charge in [0.05, 0.1) is 11.1 Å². The van der Waals surface area contributed by atoms with Crippen molar-refractivity contribution in [2.45, 2.75) is 20.0 Å². The summed E-state index contributed by atoms with van der Waals surface area (Å²) in [6, 6.07) is 3.51. The predicted molar refractivity (Wildman–Crippen MR) is 60.8 cm³/mol. The Bertz CT molecular complexity index is 534. The first kappa shape index (κ1) is 11.0. The third-order valence-electron chi connectivity index (χ3n) is 1.99. The van der Waals surface area contributed by atoms with Gasteiger partial charge in [-0.05, 0) is 26.0 Å². The molecule has 0 N–H and O–H groups in total. The number of carbonyl (C=O) groups excluding carboxylic acids is 1. The molecule has 0 bridgehead atoms. The maximum atomic E-state index is 11.6. The number of fused-ring (bicyclic) bond motifs is 1. The molecule has 2 rings (SSSR count). The molecule has 2 heterocycles. The van der Waals surface area contributed by atoms with Crippen molar-refractivity contribution >= 4 is 23.2 Å². The predicted octanol–water partition coefficient (Wildman–Crippen LogP) is 2.55. The summed E-state index contributed by atoms with van der Waals surface area (Å²) in [6.07, 6.45) is 3.22. The smallest absolute Gasteiger partial charge is 0.358 e. The van der Waals surface area contributed by atoms with Crippen LogP contribution in [0.3, 0.4) is 0 Å². The number of pyridine rings is 1. The molecule has 2 aromatic rings. The topological polar surface area (TPSA) is 43.6 Å². The van der Waals surface area contributed by atoms with Crippen LogP contribution in [-0.4, -0.2) is 21.5 Å². The minimum atomic E-state index is -0.435. The lowest BCUT2D eigenvalue weighted by atomic mass is 10.4. The van der Waals surface area contributed by atoms with Crippen molar-refractivity contribution in [2.24, 2.45) is 0 Å². The van der Waals surface area contributed by atoms with Crippen LogP contribution in [0.5, 0.6) is 0 Å². The molecule has 0 fully saturated rings. The highest BCUT2D eigenvalue weighted by atomic mass is 35.5. The number of esters is 1. The largest absolute Gasteiger partial charge is 0.458 e. The quantitative estimate of drug-likeness (QED) is 0.756. The average molecular weight is 239 g/mol. The third-order valence-corrected chi connectivity index (χ3v) is 2.28. The Balaban J connectivity index is 2.40. The van der Waals surface area contributed by atoms with Crippen LogP contribution in [0.2, 0.25) is 5.02 Å². The van der Waals surface area contributed by atoms with Gasteiger partial charge in [0.1, 0.15) is 0 Å². The van der Waals surface area contributed by atoms with Gasteiger partial charge in [0.25, 0.3) is 0 Å². The monoisotopic (exact) mass is 238 g/mol. The lowest BCUT2D eigenvalue weighted by Gasteiger charge is -2.04. The number of hydrogen-bond acceptors (Lipinski definition) is 3. The highest BCUT2D eigenvalue weighted by molar-refractivity contribution is 6.33. The van der Waals surface area contributed by atoms with Crippen molar-refractivity contribution in [3.8, 4) is 0 Å². The van der Waals surface area contributed by atoms with Gasteiger partial charge in [0.15, 0.2) is 11.3 Å². The summed E-state index contributed by atoms with van der Waals surface area (Å²) in [4.78, 5) is 15.7. The average Bonchev–Trinajstić information content (AvgIpc) is 2.61. The van der Waals surface area contributed by atoms with Crippen LogP contribution in [-0.2, 0) is 4.74 Å². The van der Waals surface area contributed by atoms with Gasteiger partial charge in [0.2, 0.25) is 0 Å². The Morgan fingerprint density at radius 1 is 1.56 bits per heavy atom. The lowest BCUT2D eigenvalue weighted by molar-refractivity contribution is 0.0371. The zero-order chi connectivity index (χ0) is 11.7. The minimum absolute atomic E-state index is 0.159. The van der Waals surface area contributed by atoms with Crippen molar-refractivity contribution in [1.29, 1.82) is 0 Å². The fourth-order valence-electron chi connectivity index (χ4n) is 1.35. The SMILES string of the molecule is CC(C)OC(=O)c1cn2cccc(Cl)c2n1. The summed E-state index contributed by atoms with van der Waals surface area (Å²) < 4.78 is 6.74. The first-order valence-electron chi connectivity index (χ1n) is 4.92. The van der Waals surface area contributed by atoms with E-state index in [1.165, 1.54) is 0 Å². The summed E-state index contributed by atoms with van der Waals surface area (Å²) in [7, 11) is 0. The van der Waals surface area contributed by atoms with Crippen molar-refractivity contribution in [3.63, 3.8) is 0 Å². The Labute approximate surface area is 97.8 Å². The Morgan fingerprint density at radius 2 is 2.31 bits per heavy atom. The van der Waals surface area contributed by atoms with Crippen LogP contribution in [0.25, 0.3) is 5.65 Å². The Morgan fingerprint density at radius 3 is 2.94 bits per heavy atom. The highest BCUT2D eigenvalue weighted by Gasteiger charge is 2.14. The van der Waals surface area contributed by atoms with Gasteiger partial charge < -0.3 is 9.14 Å². The van der Waals surface area contributed by atoms with Crippen LogP contribution in [0.15, 0.2) is 24.5 Å². The minimum Gasteiger partial charge on any atom is -0.458 e. The molecule has 5 heteroatoms. The number of imidazole rings is 1. The van der Waals surface area contributed by atoms with Gasteiger partial charge >= 0.3 is 5.97 Å². The maximum absolute atomic E-state index is 11.6. The van der Waals surface area contributed by atoms with Gasteiger partial charge in [-0.25, -0.2) is 9.78 Å². The van der Waals surface area contributed by atoms with Crippen LogP contribution in [0.1, 0.15) is 24.3 Å². The molecule has 0 saturated carbocycles. The molecule has 0 aliphatic heterocycles. The molecule has 0 aliphatic carbocycles. The molecule has 0 aromatic carbocycles. The standard InChI is InChI=1S/C11H11ClN2O2/c1-7(2)16-11(15)9-6-14-5-3-4-8(12)10(14)13-9/h3-7H,1-2H3. The molecule has 0 radical (unpaired) electrons. The summed E-state index contributed by atoms with van der Waals surface area (Å²) in [5.41, 5.74) is 0.821. The number of halogens is 1. The zero-order valence-corrected chi connectivity index (χ0v) is 9.73. The third kappa shape index (κ3) is 2.02. The Kier molecular flexibility index (Phi) is 2.83. The molecule has 0 atom stereocenters. The van der Waals surface area contributed by atoms with E-state index < -0.39 is 5.97 Å². The number of rotatable bonds is 2. The molecule has 4 nitrogen and oxygen atoms in total. The van der Waals surface area contributed by atoms with E-state index in [0.717, 1.165) is 0 Å². The van der Waals surface area contributed by atoms with Gasteiger partial charge in [0, 0.05) is 12.4 Å². The fraction of sp³-hybridized carbons (Fsp3) is 0.273. The van der Waals surface area contributed by atoms with E-state index in [-0.39, 0.29) is 11.8 Å². The highest BCUT2D eigenvalue weighted by Crippen LogP contribution is 2.16. The second-order valence-electron chi connectivity index (χ2n) is 3.67. The summed E-state index contributed by atoms with van der Waals surface area (Å²) >= 11 is 5.95. The van der Waals surface area contributed by atoms with Crippen LogP contribution < -0.4 is 0 Å². The number of hydrogen-bond donors (Lipinski definition) is 0. The zero-order valence-electron chi connectivity index (χ0n) is 8.98. The first-order valence-corrected chi connectivity index (χ1v) is 5.30. The molecule has 84 valence electrons. The van der Waals surface area contributed by atoms with E-state index >= 15 is 0 Å². The van der Waals surface area contributed by atoms with Crippen LogP contribution in [0, 0.1) is 0 Å². The lowest BCUT2D eigenvalue weighted by Crippen LogP contribution is -2.11. The van der Waals surface area contributed by atoms with Gasteiger partial charge in [-0.1, -0.05) is 11.6 Å². The summed E-state index contributed by atoms with van der Waals surface area (Å²) in [6.45, 7) is 3.58. The van der Waals surface area contributed by atoms with E-state index in [2.05, 4.69) is 4.98 Å². The molecule has 16 heavy (non-hydrogen) atoms. The maximum Gasteiger partial charge on any atom is 0.358 e. The van der Waals surface area contributed by atoms with Crippen molar-refractivity contribution in [3.05, 3.63) is 35.2 Å². The van der Waals surface area contributed by atoms with E-state index in [1.54, 1.807) is 42.8 Å². The first-order chi connectivity index (χ1) is 7.58. The second kappa shape index (κ2) is 4.14. The molecule has 0 saturated heterocycles. The van der Waals surface area contributed by atoms with E-state index in [4.69, 9.17) is 16.3 Å². The van der Waals surface area contributed by atoms with Crippen molar-refractivity contribution < 1.29 is 9.53 Å². The molecular formula is C11H11ClN2O2. The Hall–Kier alpha value is -1.55. The second-order valence-corrected chi connectivity index (χ2v) is 4.07.